The minimum absolute atomic E-state index is 0.126. The molecule has 0 aromatic heterocycles. The van der Waals surface area contributed by atoms with Crippen LogP contribution in [0.4, 0.5) is 13.2 Å². The van der Waals surface area contributed by atoms with Gasteiger partial charge < -0.3 is 4.74 Å². The summed E-state index contributed by atoms with van der Waals surface area (Å²) in [4.78, 5) is 0. The molecule has 0 N–H and O–H groups in total. The van der Waals surface area contributed by atoms with Crippen LogP contribution >= 0.6 is 11.6 Å². The fraction of sp³-hybridized carbons (Fsp3) is 0.600. The van der Waals surface area contributed by atoms with Crippen molar-refractivity contribution in [3.63, 3.8) is 0 Å². The predicted molar refractivity (Wildman–Crippen MR) is 75.2 cm³/mol. The molecule has 0 amide bonds. The number of halogens is 4. The number of hydrogen-bond donors (Lipinski definition) is 0. The molecule has 0 fully saturated rings. The Kier molecular flexibility index (Phi) is 7.38. The summed E-state index contributed by atoms with van der Waals surface area (Å²) in [5, 5.41) is 0. The molecule has 0 spiro atoms. The average molecular weight is 309 g/mol. The third-order valence-electron chi connectivity index (χ3n) is 3.15. The van der Waals surface area contributed by atoms with Gasteiger partial charge in [-0.3, -0.25) is 0 Å². The van der Waals surface area contributed by atoms with Crippen molar-refractivity contribution < 1.29 is 17.9 Å². The zero-order valence-corrected chi connectivity index (χ0v) is 12.3. The molecule has 1 aromatic rings. The summed E-state index contributed by atoms with van der Waals surface area (Å²) in [5.41, 5.74) is 2.46. The topological polar surface area (TPSA) is 9.23 Å². The highest BCUT2D eigenvalue weighted by Gasteiger charge is 2.27. The van der Waals surface area contributed by atoms with Crippen LogP contribution in [0.5, 0.6) is 0 Å². The van der Waals surface area contributed by atoms with Gasteiger partial charge in [-0.2, -0.15) is 13.2 Å². The van der Waals surface area contributed by atoms with E-state index in [4.69, 9.17) is 11.6 Å². The number of benzene rings is 1. The Labute approximate surface area is 123 Å². The van der Waals surface area contributed by atoms with Crippen molar-refractivity contribution in [2.75, 3.05) is 19.1 Å². The molecule has 1 aromatic carbocycles. The molecule has 0 aliphatic heterocycles. The molecule has 0 aliphatic rings. The second kappa shape index (κ2) is 8.53. The lowest BCUT2D eigenvalue weighted by Gasteiger charge is -2.15. The van der Waals surface area contributed by atoms with Crippen LogP contribution < -0.4 is 0 Å². The summed E-state index contributed by atoms with van der Waals surface area (Å²) in [6, 6.07) is 8.09. The van der Waals surface area contributed by atoms with Gasteiger partial charge in [-0.15, -0.1) is 11.6 Å². The van der Waals surface area contributed by atoms with E-state index in [-0.39, 0.29) is 12.5 Å². The minimum atomic E-state index is -4.24. The first-order valence-corrected chi connectivity index (χ1v) is 7.21. The number of rotatable bonds is 8. The number of alkyl halides is 4. The molecule has 1 unspecified atom stereocenters. The fourth-order valence-electron chi connectivity index (χ4n) is 2.05. The Morgan fingerprint density at radius 3 is 2.55 bits per heavy atom. The van der Waals surface area contributed by atoms with Gasteiger partial charge in [0.15, 0.2) is 0 Å². The quantitative estimate of drug-likeness (QED) is 0.497. The van der Waals surface area contributed by atoms with Gasteiger partial charge in [-0.05, 0) is 43.2 Å². The minimum Gasteiger partial charge on any atom is -0.372 e. The SMILES string of the molecule is Cc1ccccc1CC(CCl)CCCOCC(F)(F)F. The number of aryl methyl sites for hydroxylation is 1. The molecule has 1 nitrogen and oxygen atoms in total. The van der Waals surface area contributed by atoms with Gasteiger partial charge in [-0.25, -0.2) is 0 Å². The smallest absolute Gasteiger partial charge is 0.372 e. The first-order chi connectivity index (χ1) is 9.42. The molecule has 20 heavy (non-hydrogen) atoms. The summed E-state index contributed by atoms with van der Waals surface area (Å²) >= 11 is 5.93. The van der Waals surface area contributed by atoms with Crippen molar-refractivity contribution >= 4 is 11.6 Å². The molecule has 0 saturated heterocycles. The average Bonchev–Trinajstić information content (AvgIpc) is 2.38. The lowest BCUT2D eigenvalue weighted by atomic mass is 9.94. The van der Waals surface area contributed by atoms with E-state index in [1.54, 1.807) is 0 Å². The van der Waals surface area contributed by atoms with Crippen LogP contribution in [-0.2, 0) is 11.2 Å². The molecule has 114 valence electrons. The van der Waals surface area contributed by atoms with Crippen LogP contribution in [0.1, 0.15) is 24.0 Å². The fourth-order valence-corrected chi connectivity index (χ4v) is 2.31. The Hall–Kier alpha value is -0.740. The van der Waals surface area contributed by atoms with E-state index in [2.05, 4.69) is 10.8 Å². The summed E-state index contributed by atoms with van der Waals surface area (Å²) in [6.45, 7) is 1.00. The van der Waals surface area contributed by atoms with Crippen molar-refractivity contribution in [3.05, 3.63) is 35.4 Å². The van der Waals surface area contributed by atoms with Crippen molar-refractivity contribution in [2.24, 2.45) is 5.92 Å². The highest BCUT2D eigenvalue weighted by atomic mass is 35.5. The molecule has 1 atom stereocenters. The Balaban J connectivity index is 2.28. The zero-order valence-electron chi connectivity index (χ0n) is 11.5. The van der Waals surface area contributed by atoms with Gasteiger partial charge in [0, 0.05) is 12.5 Å². The van der Waals surface area contributed by atoms with Gasteiger partial charge in [0.05, 0.1) is 0 Å². The Morgan fingerprint density at radius 1 is 1.25 bits per heavy atom. The van der Waals surface area contributed by atoms with E-state index < -0.39 is 12.8 Å². The van der Waals surface area contributed by atoms with E-state index in [1.807, 2.05) is 25.1 Å². The highest BCUT2D eigenvalue weighted by molar-refractivity contribution is 6.18. The lowest BCUT2D eigenvalue weighted by molar-refractivity contribution is -0.174. The third-order valence-corrected chi connectivity index (χ3v) is 3.59. The van der Waals surface area contributed by atoms with Crippen molar-refractivity contribution in [1.82, 2.24) is 0 Å². The van der Waals surface area contributed by atoms with Gasteiger partial charge in [-0.1, -0.05) is 24.3 Å². The second-order valence-corrected chi connectivity index (χ2v) is 5.27. The van der Waals surface area contributed by atoms with E-state index in [0.29, 0.717) is 12.3 Å². The third kappa shape index (κ3) is 7.15. The Bertz CT molecular complexity index is 393. The number of ether oxygens (including phenoxy) is 1. The normalized spacial score (nSPS) is 13.4. The Morgan fingerprint density at radius 2 is 1.95 bits per heavy atom. The standard InChI is InChI=1S/C15H20ClF3O/c1-12-5-2-3-7-14(12)9-13(10-16)6-4-8-20-11-15(17,18)19/h2-3,5,7,13H,4,6,8-11H2,1H3. The van der Waals surface area contributed by atoms with Crippen LogP contribution in [-0.4, -0.2) is 25.3 Å². The first-order valence-electron chi connectivity index (χ1n) is 6.67. The first kappa shape index (κ1) is 17.3. The molecule has 0 radical (unpaired) electrons. The maximum atomic E-state index is 11.9. The van der Waals surface area contributed by atoms with Crippen LogP contribution in [0.3, 0.4) is 0 Å². The summed E-state index contributed by atoms with van der Waals surface area (Å²) in [5.74, 6) is 0.778. The summed E-state index contributed by atoms with van der Waals surface area (Å²) in [6.07, 6.45) is -2.02. The van der Waals surface area contributed by atoms with Gasteiger partial charge >= 0.3 is 6.18 Å². The molecule has 0 aliphatic carbocycles. The summed E-state index contributed by atoms with van der Waals surface area (Å²) < 4.78 is 40.3. The second-order valence-electron chi connectivity index (χ2n) is 4.96. The molecular weight excluding hydrogens is 289 g/mol. The van der Waals surface area contributed by atoms with Crippen molar-refractivity contribution in [1.29, 1.82) is 0 Å². The predicted octanol–water partition coefficient (Wildman–Crippen LogP) is 4.75. The van der Waals surface area contributed by atoms with E-state index >= 15 is 0 Å². The largest absolute Gasteiger partial charge is 0.411 e. The van der Waals surface area contributed by atoms with E-state index in [9.17, 15) is 13.2 Å². The van der Waals surface area contributed by atoms with Gasteiger partial charge in [0.25, 0.3) is 0 Å². The summed E-state index contributed by atoms with van der Waals surface area (Å²) in [7, 11) is 0. The highest BCUT2D eigenvalue weighted by Crippen LogP contribution is 2.19. The zero-order chi connectivity index (χ0) is 15.0. The van der Waals surface area contributed by atoms with Crippen molar-refractivity contribution in [2.45, 2.75) is 32.4 Å². The van der Waals surface area contributed by atoms with E-state index in [1.165, 1.54) is 11.1 Å². The maximum Gasteiger partial charge on any atom is 0.411 e. The van der Waals surface area contributed by atoms with Gasteiger partial charge in [0.1, 0.15) is 6.61 Å². The molecule has 1 rings (SSSR count). The number of hydrogen-bond acceptors (Lipinski definition) is 1. The van der Waals surface area contributed by atoms with Crippen LogP contribution in [0.2, 0.25) is 0 Å². The molecule has 0 bridgehead atoms. The van der Waals surface area contributed by atoms with Crippen molar-refractivity contribution in [3.8, 4) is 0 Å². The van der Waals surface area contributed by atoms with Crippen LogP contribution in [0.25, 0.3) is 0 Å². The lowest BCUT2D eigenvalue weighted by Crippen LogP contribution is -2.18. The van der Waals surface area contributed by atoms with Crippen LogP contribution in [0.15, 0.2) is 24.3 Å². The molecule has 5 heteroatoms. The molecular formula is C15H20ClF3O. The monoisotopic (exact) mass is 308 g/mol. The molecule has 0 heterocycles. The maximum absolute atomic E-state index is 11.9. The van der Waals surface area contributed by atoms with Crippen LogP contribution in [0, 0.1) is 12.8 Å². The molecule has 0 saturated carbocycles. The van der Waals surface area contributed by atoms with E-state index in [0.717, 1.165) is 12.8 Å². The van der Waals surface area contributed by atoms with Gasteiger partial charge in [0.2, 0.25) is 0 Å².